The maximum absolute atomic E-state index is 10.2. The molecule has 0 saturated carbocycles. The van der Waals surface area contributed by atoms with E-state index in [0.717, 1.165) is 5.56 Å². The summed E-state index contributed by atoms with van der Waals surface area (Å²) in [6.07, 6.45) is -0.138. The molecule has 0 aliphatic carbocycles. The highest BCUT2D eigenvalue weighted by Gasteiger charge is 2.36. The number of ether oxygens (including phenoxy) is 1. The summed E-state index contributed by atoms with van der Waals surface area (Å²) < 4.78 is 7.07. The SMILES string of the molecule is COc1ccc(Cl)cc1CNc1nc(Cl)nc2c1ncn2[C@@H]1SC[C@H](O)C1O. The molecule has 1 aliphatic heterocycles. The lowest BCUT2D eigenvalue weighted by atomic mass is 10.2. The van der Waals surface area contributed by atoms with Crippen LogP contribution >= 0.6 is 35.0 Å². The molecule has 1 fully saturated rings. The lowest BCUT2D eigenvalue weighted by molar-refractivity contribution is 0.0313. The van der Waals surface area contributed by atoms with Crippen LogP contribution in [0.5, 0.6) is 5.75 Å². The van der Waals surface area contributed by atoms with Gasteiger partial charge in [0.15, 0.2) is 17.0 Å². The van der Waals surface area contributed by atoms with Crippen molar-refractivity contribution >= 4 is 51.9 Å². The van der Waals surface area contributed by atoms with E-state index >= 15 is 0 Å². The van der Waals surface area contributed by atoms with E-state index in [1.165, 1.54) is 11.8 Å². The Kier molecular flexibility index (Phi) is 5.52. The summed E-state index contributed by atoms with van der Waals surface area (Å²) in [4.78, 5) is 12.9. The quantitative estimate of drug-likeness (QED) is 0.518. The minimum atomic E-state index is -0.914. The van der Waals surface area contributed by atoms with Gasteiger partial charge >= 0.3 is 0 Å². The summed E-state index contributed by atoms with van der Waals surface area (Å²) in [6.45, 7) is 0.387. The van der Waals surface area contributed by atoms with Gasteiger partial charge in [0.1, 0.15) is 17.2 Å². The second-order valence-electron chi connectivity index (χ2n) is 6.26. The summed E-state index contributed by atoms with van der Waals surface area (Å²) in [7, 11) is 1.59. The first-order valence-corrected chi connectivity index (χ1v) is 10.2. The summed E-state index contributed by atoms with van der Waals surface area (Å²) >= 11 is 13.6. The Bertz CT molecular complexity index is 1020. The van der Waals surface area contributed by atoms with Gasteiger partial charge in [-0.05, 0) is 29.8 Å². The molecule has 3 heterocycles. The van der Waals surface area contributed by atoms with Crippen LogP contribution in [0.1, 0.15) is 10.9 Å². The maximum atomic E-state index is 10.2. The number of halogens is 2. The molecule has 0 radical (unpaired) electrons. The predicted molar refractivity (Wildman–Crippen MR) is 109 cm³/mol. The number of nitrogens with one attached hydrogen (secondary N) is 1. The molecule has 1 aliphatic rings. The van der Waals surface area contributed by atoms with Gasteiger partial charge in [0.05, 0.1) is 19.5 Å². The van der Waals surface area contributed by atoms with Crippen molar-refractivity contribution in [2.45, 2.75) is 24.1 Å². The number of benzene rings is 1. The fraction of sp³-hybridized carbons (Fsp3) is 0.353. The van der Waals surface area contributed by atoms with Crippen LogP contribution in [0.4, 0.5) is 5.82 Å². The number of nitrogens with zero attached hydrogens (tertiary/aromatic N) is 4. The first-order chi connectivity index (χ1) is 13.5. The van der Waals surface area contributed by atoms with Crippen molar-refractivity contribution in [2.75, 3.05) is 18.2 Å². The average molecular weight is 442 g/mol. The van der Waals surface area contributed by atoms with E-state index in [-0.39, 0.29) is 5.28 Å². The van der Waals surface area contributed by atoms with Crippen LogP contribution in [0.15, 0.2) is 24.5 Å². The molecule has 8 nitrogen and oxygen atoms in total. The Morgan fingerprint density at radius 3 is 2.86 bits per heavy atom. The van der Waals surface area contributed by atoms with E-state index < -0.39 is 17.6 Å². The first-order valence-electron chi connectivity index (χ1n) is 8.42. The Balaban J connectivity index is 1.66. The van der Waals surface area contributed by atoms with E-state index in [0.29, 0.717) is 40.1 Å². The predicted octanol–water partition coefficient (Wildman–Crippen LogP) is 2.72. The van der Waals surface area contributed by atoms with Gasteiger partial charge in [-0.15, -0.1) is 11.8 Å². The fourth-order valence-electron chi connectivity index (χ4n) is 3.09. The number of aliphatic hydroxyl groups is 2. The number of hydrogen-bond donors (Lipinski definition) is 3. The Labute approximate surface area is 174 Å². The Morgan fingerprint density at radius 1 is 1.32 bits per heavy atom. The minimum Gasteiger partial charge on any atom is -0.496 e. The van der Waals surface area contributed by atoms with Crippen LogP contribution in [-0.4, -0.2) is 54.8 Å². The van der Waals surface area contributed by atoms with Crippen LogP contribution in [0.2, 0.25) is 10.3 Å². The molecule has 0 bridgehead atoms. The standard InChI is InChI=1S/C17H17Cl2N5O3S/c1-27-11-3-2-9(18)4-8(11)5-20-14-12-15(23-17(19)22-14)24(7-21-12)16-13(26)10(25)6-28-16/h2-4,7,10,13,16,25-26H,5-6H2,1H3,(H,20,22,23)/t10-,13?,16+/m0/s1. The zero-order chi connectivity index (χ0) is 19.8. The van der Waals surface area contributed by atoms with Gasteiger partial charge in [0.25, 0.3) is 0 Å². The molecule has 0 spiro atoms. The summed E-state index contributed by atoms with van der Waals surface area (Å²) in [5, 5.41) is 23.5. The lowest BCUT2D eigenvalue weighted by Gasteiger charge is -2.17. The summed E-state index contributed by atoms with van der Waals surface area (Å²) in [5.41, 5.74) is 1.84. The van der Waals surface area contributed by atoms with Crippen molar-refractivity contribution < 1.29 is 14.9 Å². The van der Waals surface area contributed by atoms with Crippen molar-refractivity contribution in [1.82, 2.24) is 19.5 Å². The molecule has 3 atom stereocenters. The van der Waals surface area contributed by atoms with E-state index in [2.05, 4.69) is 20.3 Å². The normalized spacial score (nSPS) is 22.0. The maximum Gasteiger partial charge on any atom is 0.226 e. The molecular formula is C17H17Cl2N5O3S. The van der Waals surface area contributed by atoms with E-state index in [4.69, 9.17) is 27.9 Å². The van der Waals surface area contributed by atoms with Crippen LogP contribution < -0.4 is 10.1 Å². The number of aliphatic hydroxyl groups excluding tert-OH is 2. The van der Waals surface area contributed by atoms with E-state index in [9.17, 15) is 10.2 Å². The minimum absolute atomic E-state index is 0.0489. The van der Waals surface area contributed by atoms with Gasteiger partial charge in [0, 0.05) is 22.9 Å². The topological polar surface area (TPSA) is 105 Å². The molecule has 4 rings (SSSR count). The van der Waals surface area contributed by atoms with Crippen molar-refractivity contribution in [1.29, 1.82) is 0 Å². The smallest absolute Gasteiger partial charge is 0.226 e. The molecule has 0 amide bonds. The number of rotatable bonds is 5. The average Bonchev–Trinajstić information content (AvgIpc) is 3.23. The molecular weight excluding hydrogens is 425 g/mol. The fourth-order valence-corrected chi connectivity index (χ4v) is 4.74. The molecule has 1 aromatic carbocycles. The van der Waals surface area contributed by atoms with Gasteiger partial charge < -0.3 is 20.3 Å². The second kappa shape index (κ2) is 7.92. The van der Waals surface area contributed by atoms with Gasteiger partial charge in [-0.1, -0.05) is 11.6 Å². The van der Waals surface area contributed by atoms with Crippen molar-refractivity contribution in [3.63, 3.8) is 0 Å². The number of imidazole rings is 1. The molecule has 1 saturated heterocycles. The molecule has 1 unspecified atom stereocenters. The third kappa shape index (κ3) is 3.60. The number of fused-ring (bicyclic) bond motifs is 1. The molecule has 3 N–H and O–H groups in total. The van der Waals surface area contributed by atoms with E-state index in [1.807, 2.05) is 0 Å². The van der Waals surface area contributed by atoms with E-state index in [1.54, 1.807) is 36.2 Å². The largest absolute Gasteiger partial charge is 0.496 e. The summed E-state index contributed by atoms with van der Waals surface area (Å²) in [6, 6.07) is 5.35. The number of anilines is 1. The Hall–Kier alpha value is -1.78. The van der Waals surface area contributed by atoms with Crippen molar-refractivity contribution in [2.24, 2.45) is 0 Å². The number of aromatic nitrogens is 4. The van der Waals surface area contributed by atoms with Crippen LogP contribution in [-0.2, 0) is 6.54 Å². The van der Waals surface area contributed by atoms with Gasteiger partial charge in [-0.3, -0.25) is 4.57 Å². The lowest BCUT2D eigenvalue weighted by Crippen LogP contribution is -2.27. The van der Waals surface area contributed by atoms with Gasteiger partial charge in [-0.25, -0.2) is 4.98 Å². The first kappa shape index (κ1) is 19.5. The number of thioether (sulfide) groups is 1. The van der Waals surface area contributed by atoms with Gasteiger partial charge in [-0.2, -0.15) is 9.97 Å². The van der Waals surface area contributed by atoms with Crippen LogP contribution in [0.3, 0.4) is 0 Å². The second-order valence-corrected chi connectivity index (χ2v) is 8.18. The van der Waals surface area contributed by atoms with Crippen LogP contribution in [0, 0.1) is 0 Å². The zero-order valence-corrected chi connectivity index (χ0v) is 17.0. The highest BCUT2D eigenvalue weighted by Crippen LogP contribution is 2.38. The third-order valence-corrected chi connectivity index (χ3v) is 6.27. The molecule has 2 aromatic heterocycles. The van der Waals surface area contributed by atoms with Gasteiger partial charge in [0.2, 0.25) is 5.28 Å². The van der Waals surface area contributed by atoms with Crippen molar-refractivity contribution in [3.8, 4) is 5.75 Å². The number of hydrogen-bond acceptors (Lipinski definition) is 8. The monoisotopic (exact) mass is 441 g/mol. The highest BCUT2D eigenvalue weighted by molar-refractivity contribution is 7.99. The highest BCUT2D eigenvalue weighted by atomic mass is 35.5. The molecule has 148 valence electrons. The third-order valence-electron chi connectivity index (χ3n) is 4.48. The van der Waals surface area contributed by atoms with Crippen LogP contribution in [0.25, 0.3) is 11.2 Å². The Morgan fingerprint density at radius 2 is 2.14 bits per heavy atom. The molecule has 28 heavy (non-hydrogen) atoms. The number of methoxy groups -OCH3 is 1. The van der Waals surface area contributed by atoms with Crippen molar-refractivity contribution in [3.05, 3.63) is 40.4 Å². The molecule has 3 aromatic rings. The summed E-state index contributed by atoms with van der Waals surface area (Å²) in [5.74, 6) is 1.58. The molecule has 11 heteroatoms. The zero-order valence-electron chi connectivity index (χ0n) is 14.7.